The maximum atomic E-state index is 4.40. The summed E-state index contributed by atoms with van der Waals surface area (Å²) in [6.45, 7) is 6.60. The highest BCUT2D eigenvalue weighted by Crippen LogP contribution is 2.27. The number of aryl methyl sites for hydroxylation is 1. The summed E-state index contributed by atoms with van der Waals surface area (Å²) in [5, 5.41) is 1.36. The van der Waals surface area contributed by atoms with Crippen LogP contribution in [-0.4, -0.2) is 4.57 Å². The van der Waals surface area contributed by atoms with E-state index in [1.807, 2.05) is 0 Å². The van der Waals surface area contributed by atoms with Crippen molar-refractivity contribution in [3.8, 4) is 0 Å². The first-order valence-corrected chi connectivity index (χ1v) is 5.98. The Kier molecular flexibility index (Phi) is 2.79. The third kappa shape index (κ3) is 1.67. The van der Waals surface area contributed by atoms with Gasteiger partial charge in [0.2, 0.25) is 0 Å². The lowest BCUT2D eigenvalue weighted by atomic mass is 10.1. The van der Waals surface area contributed by atoms with Gasteiger partial charge in [-0.25, -0.2) is 0 Å². The zero-order chi connectivity index (χ0) is 11.0. The third-order valence-corrected chi connectivity index (χ3v) is 3.18. The number of nitrogens with zero attached hydrogens (tertiary/aromatic N) is 1. The van der Waals surface area contributed by atoms with Gasteiger partial charge in [-0.1, -0.05) is 12.1 Å². The minimum Gasteiger partial charge on any atom is -0.341 e. The Bertz CT molecular complexity index is 482. The van der Waals surface area contributed by atoms with Gasteiger partial charge in [0.25, 0.3) is 0 Å². The van der Waals surface area contributed by atoms with Crippen LogP contribution in [0.3, 0.4) is 0 Å². The van der Waals surface area contributed by atoms with E-state index in [2.05, 4.69) is 62.2 Å². The van der Waals surface area contributed by atoms with Crippen LogP contribution in [0, 0.1) is 6.92 Å². The van der Waals surface area contributed by atoms with E-state index in [0.29, 0.717) is 6.04 Å². The van der Waals surface area contributed by atoms with Gasteiger partial charge in [-0.15, -0.1) is 0 Å². The zero-order valence-electron chi connectivity index (χ0n) is 9.49. The molecule has 80 valence electrons. The summed E-state index contributed by atoms with van der Waals surface area (Å²) in [6, 6.07) is 9.23. The van der Waals surface area contributed by atoms with Gasteiger partial charge in [-0.3, -0.25) is 0 Å². The Labute approximate surface area is 96.5 Å². The average Bonchev–Trinajstić information content (AvgIpc) is 2.57. The molecule has 2 heteroatoms. The molecule has 1 nitrogen and oxygen atoms in total. The highest BCUT2D eigenvalue weighted by Gasteiger charge is 2.10. The quantitative estimate of drug-likeness (QED) is 0.729. The first-order valence-electron chi connectivity index (χ1n) is 5.35. The van der Waals surface area contributed by atoms with Gasteiger partial charge in [0, 0.05) is 28.4 Å². The van der Waals surface area contributed by atoms with E-state index in [4.69, 9.17) is 0 Å². The molecule has 0 saturated carbocycles. The first kappa shape index (κ1) is 10.6. The van der Waals surface area contributed by atoms with Crippen molar-refractivity contribution in [2.24, 2.45) is 0 Å². The lowest BCUT2D eigenvalue weighted by Crippen LogP contribution is -2.03. The Morgan fingerprint density at radius 3 is 2.67 bits per heavy atom. The molecular formula is C13H17NS. The molecule has 0 aliphatic heterocycles. The van der Waals surface area contributed by atoms with Crippen molar-refractivity contribution in [3.63, 3.8) is 0 Å². The topological polar surface area (TPSA) is 4.93 Å². The van der Waals surface area contributed by atoms with Gasteiger partial charge in [0.05, 0.1) is 0 Å². The molecule has 0 radical (unpaired) electrons. The second-order valence-electron chi connectivity index (χ2n) is 4.27. The molecule has 0 N–H and O–H groups in total. The molecule has 0 unspecified atom stereocenters. The fourth-order valence-corrected chi connectivity index (χ4v) is 2.43. The molecule has 0 atom stereocenters. The van der Waals surface area contributed by atoms with E-state index in [1.165, 1.54) is 22.2 Å². The van der Waals surface area contributed by atoms with E-state index in [0.717, 1.165) is 5.75 Å². The third-order valence-electron chi connectivity index (χ3n) is 2.86. The second-order valence-corrected chi connectivity index (χ2v) is 4.58. The molecule has 0 aliphatic carbocycles. The molecule has 1 heterocycles. The minimum atomic E-state index is 0.492. The summed E-state index contributed by atoms with van der Waals surface area (Å²) < 4.78 is 2.37. The molecule has 15 heavy (non-hydrogen) atoms. The maximum Gasteiger partial charge on any atom is 0.0487 e. The van der Waals surface area contributed by atoms with E-state index in [1.54, 1.807) is 0 Å². The van der Waals surface area contributed by atoms with Gasteiger partial charge in [0.15, 0.2) is 0 Å². The van der Waals surface area contributed by atoms with Crippen LogP contribution in [0.25, 0.3) is 10.9 Å². The van der Waals surface area contributed by atoms with Crippen LogP contribution in [0.1, 0.15) is 31.1 Å². The SMILES string of the molecule is Cc1cccc2c1cc(CS)n2C(C)C. The molecule has 1 aromatic carbocycles. The fraction of sp³-hybridized carbons (Fsp3) is 0.385. The lowest BCUT2D eigenvalue weighted by Gasteiger charge is -2.13. The number of fused-ring (bicyclic) bond motifs is 1. The van der Waals surface area contributed by atoms with E-state index in [9.17, 15) is 0 Å². The van der Waals surface area contributed by atoms with Crippen molar-refractivity contribution >= 4 is 23.5 Å². The Hall–Kier alpha value is -0.890. The van der Waals surface area contributed by atoms with Crippen LogP contribution in [0.5, 0.6) is 0 Å². The summed E-state index contributed by atoms with van der Waals surface area (Å²) in [5.41, 5.74) is 3.97. The van der Waals surface area contributed by atoms with E-state index >= 15 is 0 Å². The number of benzene rings is 1. The molecule has 0 amide bonds. The number of thiol groups is 1. The average molecular weight is 219 g/mol. The Morgan fingerprint density at radius 1 is 1.33 bits per heavy atom. The van der Waals surface area contributed by atoms with Gasteiger partial charge in [-0.05, 0) is 38.5 Å². The normalized spacial score (nSPS) is 11.5. The molecule has 0 fully saturated rings. The number of rotatable bonds is 2. The van der Waals surface area contributed by atoms with E-state index in [-0.39, 0.29) is 0 Å². The maximum absolute atomic E-state index is 4.40. The van der Waals surface area contributed by atoms with Crippen molar-refractivity contribution in [2.45, 2.75) is 32.6 Å². The number of hydrogen-bond donors (Lipinski definition) is 1. The number of hydrogen-bond acceptors (Lipinski definition) is 1. The highest BCUT2D eigenvalue weighted by atomic mass is 32.1. The standard InChI is InChI=1S/C13H17NS/c1-9(2)14-11(8-15)7-12-10(3)5-4-6-13(12)14/h4-7,9,15H,8H2,1-3H3. The summed E-state index contributed by atoms with van der Waals surface area (Å²) in [6.07, 6.45) is 0. The minimum absolute atomic E-state index is 0.492. The van der Waals surface area contributed by atoms with Crippen molar-refractivity contribution in [1.29, 1.82) is 0 Å². The lowest BCUT2D eigenvalue weighted by molar-refractivity contribution is 0.606. The van der Waals surface area contributed by atoms with Crippen molar-refractivity contribution in [2.75, 3.05) is 0 Å². The van der Waals surface area contributed by atoms with Gasteiger partial charge >= 0.3 is 0 Å². The summed E-state index contributed by atoms with van der Waals surface area (Å²) in [4.78, 5) is 0. The largest absolute Gasteiger partial charge is 0.341 e. The van der Waals surface area contributed by atoms with Crippen molar-refractivity contribution < 1.29 is 0 Å². The summed E-state index contributed by atoms with van der Waals surface area (Å²) >= 11 is 4.40. The summed E-state index contributed by atoms with van der Waals surface area (Å²) in [5.74, 6) is 0.798. The monoisotopic (exact) mass is 219 g/mol. The van der Waals surface area contributed by atoms with Crippen molar-refractivity contribution in [3.05, 3.63) is 35.5 Å². The Morgan fingerprint density at radius 2 is 2.07 bits per heavy atom. The van der Waals surface area contributed by atoms with Gasteiger partial charge in [0.1, 0.15) is 0 Å². The van der Waals surface area contributed by atoms with Crippen LogP contribution in [0.15, 0.2) is 24.3 Å². The van der Waals surface area contributed by atoms with Gasteiger partial charge < -0.3 is 4.57 Å². The molecule has 1 aromatic heterocycles. The fourth-order valence-electron chi connectivity index (χ4n) is 2.19. The van der Waals surface area contributed by atoms with Crippen LogP contribution in [-0.2, 0) is 5.75 Å². The molecule has 0 aliphatic rings. The smallest absolute Gasteiger partial charge is 0.0487 e. The molecular weight excluding hydrogens is 202 g/mol. The summed E-state index contributed by atoms with van der Waals surface area (Å²) in [7, 11) is 0. The van der Waals surface area contributed by atoms with Crippen LogP contribution < -0.4 is 0 Å². The number of aromatic nitrogens is 1. The second kappa shape index (κ2) is 3.93. The predicted molar refractivity (Wildman–Crippen MR) is 69.8 cm³/mol. The van der Waals surface area contributed by atoms with Crippen LogP contribution in [0.2, 0.25) is 0 Å². The molecule has 2 rings (SSSR count). The highest BCUT2D eigenvalue weighted by molar-refractivity contribution is 7.79. The van der Waals surface area contributed by atoms with Crippen LogP contribution >= 0.6 is 12.6 Å². The predicted octanol–water partition coefficient (Wildman–Crippen LogP) is 3.96. The van der Waals surface area contributed by atoms with E-state index < -0.39 is 0 Å². The van der Waals surface area contributed by atoms with Gasteiger partial charge in [-0.2, -0.15) is 12.6 Å². The molecule has 2 aromatic rings. The molecule has 0 spiro atoms. The van der Waals surface area contributed by atoms with Crippen LogP contribution in [0.4, 0.5) is 0 Å². The first-order chi connectivity index (χ1) is 7.15. The zero-order valence-corrected chi connectivity index (χ0v) is 10.4. The Balaban J connectivity index is 2.80. The molecule has 0 saturated heterocycles. The van der Waals surface area contributed by atoms with Crippen molar-refractivity contribution in [1.82, 2.24) is 4.57 Å². The molecule has 0 bridgehead atoms.